The first-order valence-electron chi connectivity index (χ1n) is 2.59. The third kappa shape index (κ3) is 3.65. The normalized spacial score (nSPS) is 9.40. The average Bonchev–Trinajstić information content (AvgIpc) is 1.99. The third-order valence-corrected chi connectivity index (χ3v) is 0.792. The highest BCUT2D eigenvalue weighted by Gasteiger charge is 1.91. The zero-order valence-corrected chi connectivity index (χ0v) is 5.88. The molecule has 0 aliphatic rings. The molecule has 1 N–H and O–H groups in total. The molecule has 0 radical (unpaired) electrons. The topological polar surface area (TPSA) is 59.4 Å². The van der Waals surface area contributed by atoms with E-state index in [1.54, 1.807) is 0 Å². The molecule has 0 saturated heterocycles. The second-order valence-corrected chi connectivity index (χ2v) is 1.42. The zero-order chi connectivity index (χ0) is 7.98. The number of nitrogens with one attached hydrogen (secondary N) is 1. The summed E-state index contributed by atoms with van der Waals surface area (Å²) in [5, 5.41) is 6.89. The lowest BCUT2D eigenvalue weighted by molar-refractivity contribution is -0.134. The van der Waals surface area contributed by atoms with Crippen molar-refractivity contribution in [2.45, 2.75) is 0 Å². The van der Waals surface area contributed by atoms with Crippen molar-refractivity contribution in [3.63, 3.8) is 0 Å². The highest BCUT2D eigenvalue weighted by molar-refractivity contribution is 5.92. The molecule has 0 aromatic carbocycles. The summed E-state index contributed by atoms with van der Waals surface area (Å²) < 4.78 is 8.70. The molecule has 56 valence electrons. The van der Waals surface area contributed by atoms with Gasteiger partial charge in [-0.3, -0.25) is 5.41 Å². The van der Waals surface area contributed by atoms with Crippen molar-refractivity contribution in [1.29, 1.82) is 5.41 Å². The standard InChI is InChI=1S/C6H9NO3/c1-9-5(7)3-4-6(8)10-2/h3-4,7H,1-2H3. The summed E-state index contributed by atoms with van der Waals surface area (Å²) in [5.74, 6) is -0.577. The van der Waals surface area contributed by atoms with Crippen LogP contribution in [0.5, 0.6) is 0 Å². The first-order chi connectivity index (χ1) is 4.70. The summed E-state index contributed by atoms with van der Waals surface area (Å²) in [6.45, 7) is 0. The van der Waals surface area contributed by atoms with Crippen molar-refractivity contribution in [3.05, 3.63) is 12.2 Å². The molecule has 4 nitrogen and oxygen atoms in total. The first-order valence-corrected chi connectivity index (χ1v) is 2.59. The lowest BCUT2D eigenvalue weighted by atomic mass is 10.5. The second kappa shape index (κ2) is 4.55. The summed E-state index contributed by atoms with van der Waals surface area (Å²) in [5.41, 5.74) is 0. The van der Waals surface area contributed by atoms with Gasteiger partial charge in [-0.2, -0.15) is 0 Å². The van der Waals surface area contributed by atoms with Crippen LogP contribution in [0.4, 0.5) is 0 Å². The number of rotatable bonds is 2. The van der Waals surface area contributed by atoms with Gasteiger partial charge in [0.05, 0.1) is 14.2 Å². The van der Waals surface area contributed by atoms with E-state index in [9.17, 15) is 4.79 Å². The third-order valence-electron chi connectivity index (χ3n) is 0.792. The molecule has 0 unspecified atom stereocenters. The van der Waals surface area contributed by atoms with Crippen molar-refractivity contribution in [2.24, 2.45) is 0 Å². The van der Waals surface area contributed by atoms with Crippen molar-refractivity contribution in [3.8, 4) is 0 Å². The molecular weight excluding hydrogens is 134 g/mol. The van der Waals surface area contributed by atoms with E-state index in [0.717, 1.165) is 6.08 Å². The number of carbonyl (C=O) groups excluding carboxylic acids is 1. The molecule has 0 bridgehead atoms. The van der Waals surface area contributed by atoms with Crippen LogP contribution in [0.25, 0.3) is 0 Å². The van der Waals surface area contributed by atoms with Gasteiger partial charge in [0, 0.05) is 12.2 Å². The molecule has 4 heteroatoms. The molecule has 0 heterocycles. The number of ether oxygens (including phenoxy) is 2. The highest BCUT2D eigenvalue weighted by Crippen LogP contribution is 1.80. The maximum absolute atomic E-state index is 10.4. The van der Waals surface area contributed by atoms with Gasteiger partial charge >= 0.3 is 5.97 Å². The molecule has 0 saturated carbocycles. The maximum atomic E-state index is 10.4. The summed E-state index contributed by atoms with van der Waals surface area (Å²) in [6, 6.07) is 0. The quantitative estimate of drug-likeness (QED) is 0.262. The largest absolute Gasteiger partial charge is 0.481 e. The number of hydrogen-bond donors (Lipinski definition) is 1. The molecular formula is C6H9NO3. The maximum Gasteiger partial charge on any atom is 0.330 e. The lowest BCUT2D eigenvalue weighted by Crippen LogP contribution is -1.98. The van der Waals surface area contributed by atoms with Gasteiger partial charge < -0.3 is 9.47 Å². The van der Waals surface area contributed by atoms with Crippen molar-refractivity contribution < 1.29 is 14.3 Å². The van der Waals surface area contributed by atoms with E-state index in [1.165, 1.54) is 20.3 Å². The molecule has 0 aromatic rings. The van der Waals surface area contributed by atoms with Gasteiger partial charge in [0.25, 0.3) is 0 Å². The van der Waals surface area contributed by atoms with Crippen LogP contribution in [0, 0.1) is 5.41 Å². The summed E-state index contributed by atoms with van der Waals surface area (Å²) in [6.07, 6.45) is 2.33. The zero-order valence-electron chi connectivity index (χ0n) is 5.88. The summed E-state index contributed by atoms with van der Waals surface area (Å²) >= 11 is 0. The van der Waals surface area contributed by atoms with E-state index in [-0.39, 0.29) is 5.90 Å². The van der Waals surface area contributed by atoms with Gasteiger partial charge in [-0.1, -0.05) is 0 Å². The van der Waals surface area contributed by atoms with Crippen LogP contribution in [0.15, 0.2) is 12.2 Å². The van der Waals surface area contributed by atoms with E-state index >= 15 is 0 Å². The van der Waals surface area contributed by atoms with E-state index < -0.39 is 5.97 Å². The molecule has 0 aliphatic heterocycles. The van der Waals surface area contributed by atoms with Crippen molar-refractivity contribution in [2.75, 3.05) is 14.2 Å². The van der Waals surface area contributed by atoms with Gasteiger partial charge in [0.15, 0.2) is 0 Å². The Balaban J connectivity index is 3.75. The van der Waals surface area contributed by atoms with E-state index in [0.29, 0.717) is 0 Å². The van der Waals surface area contributed by atoms with Gasteiger partial charge in [0.1, 0.15) is 0 Å². The Kier molecular flexibility index (Phi) is 3.95. The lowest BCUT2D eigenvalue weighted by Gasteiger charge is -1.92. The predicted octanol–water partition coefficient (Wildman–Crippen LogP) is 0.339. The van der Waals surface area contributed by atoms with Gasteiger partial charge in [-0.05, 0) is 0 Å². The van der Waals surface area contributed by atoms with Gasteiger partial charge in [0.2, 0.25) is 5.90 Å². The molecule has 0 fully saturated rings. The monoisotopic (exact) mass is 143 g/mol. The van der Waals surface area contributed by atoms with Crippen LogP contribution in [0.2, 0.25) is 0 Å². The minimum atomic E-state index is -0.498. The minimum absolute atomic E-state index is 0.0783. The highest BCUT2D eigenvalue weighted by atomic mass is 16.5. The number of carbonyl (C=O) groups is 1. The molecule has 0 rings (SSSR count). The molecule has 0 amide bonds. The van der Waals surface area contributed by atoms with Crippen LogP contribution in [-0.4, -0.2) is 26.1 Å². The fourth-order valence-electron chi connectivity index (χ4n) is 0.280. The Hall–Kier alpha value is -1.32. The van der Waals surface area contributed by atoms with Crippen molar-refractivity contribution in [1.82, 2.24) is 0 Å². The molecule has 0 spiro atoms. The Labute approximate surface area is 58.9 Å². The van der Waals surface area contributed by atoms with Crippen molar-refractivity contribution >= 4 is 11.9 Å². The van der Waals surface area contributed by atoms with Crippen LogP contribution < -0.4 is 0 Å². The average molecular weight is 143 g/mol. The van der Waals surface area contributed by atoms with Crippen LogP contribution >= 0.6 is 0 Å². The first kappa shape index (κ1) is 8.68. The SMILES string of the molecule is COC(=N)C=CC(=O)OC. The Morgan fingerprint density at radius 3 is 2.30 bits per heavy atom. The summed E-state index contributed by atoms with van der Waals surface area (Å²) in [7, 11) is 2.62. The van der Waals surface area contributed by atoms with Gasteiger partial charge in [-0.25, -0.2) is 4.79 Å². The fraction of sp³-hybridized carbons (Fsp3) is 0.333. The molecule has 10 heavy (non-hydrogen) atoms. The Morgan fingerprint density at radius 1 is 1.30 bits per heavy atom. The smallest absolute Gasteiger partial charge is 0.330 e. The number of esters is 1. The molecule has 0 aliphatic carbocycles. The van der Waals surface area contributed by atoms with E-state index in [4.69, 9.17) is 5.41 Å². The number of methoxy groups -OCH3 is 2. The summed E-state index contributed by atoms with van der Waals surface area (Å²) in [4.78, 5) is 10.4. The van der Waals surface area contributed by atoms with Gasteiger partial charge in [-0.15, -0.1) is 0 Å². The second-order valence-electron chi connectivity index (χ2n) is 1.42. The fourth-order valence-corrected chi connectivity index (χ4v) is 0.280. The predicted molar refractivity (Wildman–Crippen MR) is 35.9 cm³/mol. The minimum Gasteiger partial charge on any atom is -0.481 e. The molecule has 0 aromatic heterocycles. The number of hydrogen-bond acceptors (Lipinski definition) is 4. The van der Waals surface area contributed by atoms with Crippen LogP contribution in [0.1, 0.15) is 0 Å². The van der Waals surface area contributed by atoms with Crippen LogP contribution in [0.3, 0.4) is 0 Å². The van der Waals surface area contributed by atoms with Crippen LogP contribution in [-0.2, 0) is 14.3 Å². The molecule has 0 atom stereocenters. The Bertz CT molecular complexity index is 144. The Morgan fingerprint density at radius 2 is 1.90 bits per heavy atom. The van der Waals surface area contributed by atoms with E-state index in [2.05, 4.69) is 9.47 Å². The van der Waals surface area contributed by atoms with E-state index in [1.807, 2.05) is 0 Å².